The molecule has 0 spiro atoms. The zero-order chi connectivity index (χ0) is 12.2. The summed E-state index contributed by atoms with van der Waals surface area (Å²) in [7, 11) is -2.11. The van der Waals surface area contributed by atoms with E-state index in [1.807, 2.05) is 31.5 Å². The predicted octanol–water partition coefficient (Wildman–Crippen LogP) is 3.18. The van der Waals surface area contributed by atoms with Crippen LogP contribution in [0.2, 0.25) is 0 Å². The standard InChI is InChI=1S/C13H22NOP/c1-11(2)14-13(16(3,4)15)10-12-8-6-5-7-9-12/h5-9,11,13-14H,10H2,1-4H3/t13-/m1/s1. The Hall–Kier alpha value is -0.590. The lowest BCUT2D eigenvalue weighted by atomic mass is 10.1. The van der Waals surface area contributed by atoms with Crippen molar-refractivity contribution in [2.75, 3.05) is 13.3 Å². The molecule has 1 rings (SSSR count). The summed E-state index contributed by atoms with van der Waals surface area (Å²) in [6.45, 7) is 7.90. The fourth-order valence-electron chi connectivity index (χ4n) is 1.68. The van der Waals surface area contributed by atoms with Gasteiger partial charge < -0.3 is 9.88 Å². The van der Waals surface area contributed by atoms with Crippen LogP contribution < -0.4 is 5.32 Å². The minimum absolute atomic E-state index is 0.0786. The van der Waals surface area contributed by atoms with E-state index in [1.54, 1.807) is 0 Å². The molecule has 1 aromatic carbocycles. The van der Waals surface area contributed by atoms with Gasteiger partial charge in [-0.05, 0) is 25.3 Å². The number of rotatable bonds is 5. The lowest BCUT2D eigenvalue weighted by Crippen LogP contribution is -2.36. The summed E-state index contributed by atoms with van der Waals surface area (Å²) in [5.41, 5.74) is 1.24. The molecule has 0 bridgehead atoms. The van der Waals surface area contributed by atoms with Crippen LogP contribution in [-0.4, -0.2) is 25.2 Å². The minimum Gasteiger partial charge on any atom is -0.322 e. The van der Waals surface area contributed by atoms with Gasteiger partial charge in [0.05, 0.1) is 12.9 Å². The third-order valence-electron chi connectivity index (χ3n) is 2.55. The van der Waals surface area contributed by atoms with E-state index >= 15 is 0 Å². The molecule has 0 unspecified atom stereocenters. The van der Waals surface area contributed by atoms with Crippen molar-refractivity contribution in [1.82, 2.24) is 5.32 Å². The second kappa shape index (κ2) is 5.65. The van der Waals surface area contributed by atoms with E-state index in [1.165, 1.54) is 5.56 Å². The molecule has 1 aromatic rings. The molecule has 0 aliphatic carbocycles. The van der Waals surface area contributed by atoms with E-state index in [0.29, 0.717) is 6.04 Å². The lowest BCUT2D eigenvalue weighted by Gasteiger charge is -2.25. The van der Waals surface area contributed by atoms with Gasteiger partial charge in [-0.3, -0.25) is 0 Å². The van der Waals surface area contributed by atoms with Crippen molar-refractivity contribution >= 4 is 7.14 Å². The van der Waals surface area contributed by atoms with Crippen molar-refractivity contribution in [2.45, 2.75) is 32.1 Å². The van der Waals surface area contributed by atoms with Crippen molar-refractivity contribution in [3.63, 3.8) is 0 Å². The van der Waals surface area contributed by atoms with Crippen molar-refractivity contribution in [1.29, 1.82) is 0 Å². The topological polar surface area (TPSA) is 29.1 Å². The smallest absolute Gasteiger partial charge is 0.0982 e. The van der Waals surface area contributed by atoms with Gasteiger partial charge in [0.1, 0.15) is 0 Å². The molecule has 90 valence electrons. The number of hydrogen-bond donors (Lipinski definition) is 1. The molecule has 16 heavy (non-hydrogen) atoms. The molecular weight excluding hydrogens is 217 g/mol. The van der Waals surface area contributed by atoms with Gasteiger partial charge in [-0.15, -0.1) is 0 Å². The maximum Gasteiger partial charge on any atom is 0.0982 e. The highest BCUT2D eigenvalue weighted by molar-refractivity contribution is 7.63. The van der Waals surface area contributed by atoms with Crippen LogP contribution in [0.1, 0.15) is 19.4 Å². The highest BCUT2D eigenvalue weighted by Gasteiger charge is 2.23. The highest BCUT2D eigenvalue weighted by Crippen LogP contribution is 2.42. The van der Waals surface area contributed by atoms with Crippen molar-refractivity contribution in [2.24, 2.45) is 0 Å². The lowest BCUT2D eigenvalue weighted by molar-refractivity contribution is 0.514. The third kappa shape index (κ3) is 4.51. The minimum atomic E-state index is -2.11. The van der Waals surface area contributed by atoms with E-state index in [9.17, 15) is 4.57 Å². The summed E-state index contributed by atoms with van der Waals surface area (Å²) in [5, 5.41) is 3.41. The van der Waals surface area contributed by atoms with Crippen LogP contribution in [0.5, 0.6) is 0 Å². The number of hydrogen-bond acceptors (Lipinski definition) is 2. The average Bonchev–Trinajstić information content (AvgIpc) is 2.16. The molecule has 0 saturated heterocycles. The van der Waals surface area contributed by atoms with E-state index in [0.717, 1.165) is 6.42 Å². The van der Waals surface area contributed by atoms with Gasteiger partial charge in [0.15, 0.2) is 0 Å². The molecule has 0 amide bonds. The molecule has 0 heterocycles. The van der Waals surface area contributed by atoms with Crippen molar-refractivity contribution < 1.29 is 4.57 Å². The van der Waals surface area contributed by atoms with Crippen LogP contribution >= 0.6 is 7.14 Å². The predicted molar refractivity (Wildman–Crippen MR) is 71.7 cm³/mol. The quantitative estimate of drug-likeness (QED) is 0.800. The molecular formula is C13H22NOP. The van der Waals surface area contributed by atoms with E-state index in [2.05, 4.69) is 31.3 Å². The summed E-state index contributed by atoms with van der Waals surface area (Å²) in [4.78, 5) is 0. The van der Waals surface area contributed by atoms with Crippen LogP contribution in [0.4, 0.5) is 0 Å². The Labute approximate surface area is 98.8 Å². The van der Waals surface area contributed by atoms with E-state index in [4.69, 9.17) is 0 Å². The maximum atomic E-state index is 12.2. The molecule has 0 aliphatic heterocycles. The summed E-state index contributed by atoms with van der Waals surface area (Å²) >= 11 is 0. The fourth-order valence-corrected chi connectivity index (χ4v) is 2.99. The van der Waals surface area contributed by atoms with Gasteiger partial charge in [-0.2, -0.15) is 0 Å². The molecule has 3 heteroatoms. The molecule has 0 fully saturated rings. The van der Waals surface area contributed by atoms with Crippen molar-refractivity contribution in [3.8, 4) is 0 Å². The van der Waals surface area contributed by atoms with Crippen LogP contribution in [0, 0.1) is 0 Å². The zero-order valence-corrected chi connectivity index (χ0v) is 11.5. The third-order valence-corrected chi connectivity index (χ3v) is 4.38. The second-order valence-electron chi connectivity index (χ2n) is 4.96. The Morgan fingerprint density at radius 2 is 1.75 bits per heavy atom. The normalized spacial score (nSPS) is 14.1. The zero-order valence-electron chi connectivity index (χ0n) is 10.6. The first-order valence-electron chi connectivity index (χ1n) is 5.74. The first-order chi connectivity index (χ1) is 7.39. The molecule has 0 aromatic heterocycles. The Bertz CT molecular complexity index is 355. The number of nitrogens with one attached hydrogen (secondary N) is 1. The average molecular weight is 239 g/mol. The van der Waals surface area contributed by atoms with Crippen LogP contribution in [0.25, 0.3) is 0 Å². The van der Waals surface area contributed by atoms with Gasteiger partial charge in [0.2, 0.25) is 0 Å². The van der Waals surface area contributed by atoms with Gasteiger partial charge in [-0.1, -0.05) is 44.2 Å². The summed E-state index contributed by atoms with van der Waals surface area (Å²) in [5.74, 6) is 0.0786. The summed E-state index contributed by atoms with van der Waals surface area (Å²) in [6, 6.07) is 10.6. The number of benzene rings is 1. The van der Waals surface area contributed by atoms with Crippen molar-refractivity contribution in [3.05, 3.63) is 35.9 Å². The van der Waals surface area contributed by atoms with Gasteiger partial charge in [-0.25, -0.2) is 0 Å². The van der Waals surface area contributed by atoms with Gasteiger partial charge in [0, 0.05) is 6.04 Å². The molecule has 0 radical (unpaired) electrons. The first kappa shape index (κ1) is 13.5. The van der Waals surface area contributed by atoms with Gasteiger partial charge >= 0.3 is 0 Å². The summed E-state index contributed by atoms with van der Waals surface area (Å²) < 4.78 is 12.2. The molecule has 0 aliphatic rings. The molecule has 0 saturated carbocycles. The Balaban J connectivity index is 2.76. The first-order valence-corrected chi connectivity index (χ1v) is 8.41. The second-order valence-corrected chi connectivity index (χ2v) is 8.45. The Morgan fingerprint density at radius 3 is 2.19 bits per heavy atom. The monoisotopic (exact) mass is 239 g/mol. The van der Waals surface area contributed by atoms with Gasteiger partial charge in [0.25, 0.3) is 0 Å². The van der Waals surface area contributed by atoms with E-state index < -0.39 is 7.14 Å². The van der Waals surface area contributed by atoms with Crippen LogP contribution in [0.15, 0.2) is 30.3 Å². The SMILES string of the molecule is CC(C)N[C@@H](Cc1ccccc1)P(C)(C)=O. The largest absolute Gasteiger partial charge is 0.322 e. The summed E-state index contributed by atoms with van der Waals surface area (Å²) in [6.07, 6.45) is 0.837. The van der Waals surface area contributed by atoms with Crippen LogP contribution in [-0.2, 0) is 11.0 Å². The Kier molecular flexibility index (Phi) is 4.76. The Morgan fingerprint density at radius 1 is 1.19 bits per heavy atom. The fraction of sp³-hybridized carbons (Fsp3) is 0.538. The van der Waals surface area contributed by atoms with E-state index in [-0.39, 0.29) is 5.78 Å². The molecule has 2 nitrogen and oxygen atoms in total. The molecule has 1 N–H and O–H groups in total. The highest BCUT2D eigenvalue weighted by atomic mass is 31.2. The molecule has 1 atom stereocenters. The maximum absolute atomic E-state index is 12.2. The van der Waals surface area contributed by atoms with Crippen LogP contribution in [0.3, 0.4) is 0 Å².